The molecule has 7 heteroatoms. The second kappa shape index (κ2) is 8.63. The highest BCUT2D eigenvalue weighted by molar-refractivity contribution is 7.89. The summed E-state index contributed by atoms with van der Waals surface area (Å²) in [6.45, 7) is 6.56. The Bertz CT molecular complexity index is 982. The molecule has 1 atom stereocenters. The van der Waals surface area contributed by atoms with Gasteiger partial charge in [0.25, 0.3) is 0 Å². The normalized spacial score (nSPS) is 17.1. The van der Waals surface area contributed by atoms with E-state index in [-0.39, 0.29) is 35.9 Å². The van der Waals surface area contributed by atoms with Crippen LogP contribution in [0, 0.1) is 25.6 Å². The molecule has 1 unspecified atom stereocenters. The minimum atomic E-state index is -3.67. The number of benzene rings is 2. The van der Waals surface area contributed by atoms with Crippen LogP contribution < -0.4 is 5.32 Å². The van der Waals surface area contributed by atoms with Gasteiger partial charge in [-0.05, 0) is 69.0 Å². The average molecular weight is 419 g/mol. The van der Waals surface area contributed by atoms with Gasteiger partial charge in [0.15, 0.2) is 0 Å². The van der Waals surface area contributed by atoms with Gasteiger partial charge in [0.2, 0.25) is 15.9 Å². The highest BCUT2D eigenvalue weighted by atomic mass is 32.2. The number of aryl methyl sites for hydroxylation is 2. The lowest BCUT2D eigenvalue weighted by Crippen LogP contribution is -2.43. The number of rotatable bonds is 5. The average Bonchev–Trinajstić information content (AvgIpc) is 2.70. The molecule has 0 aromatic heterocycles. The van der Waals surface area contributed by atoms with Crippen LogP contribution in [-0.2, 0) is 14.8 Å². The number of hydrogen-bond donors (Lipinski definition) is 1. The number of halogens is 1. The summed E-state index contributed by atoms with van der Waals surface area (Å²) in [6.07, 6.45) is 0.928. The van der Waals surface area contributed by atoms with E-state index in [4.69, 9.17) is 0 Å². The lowest BCUT2D eigenvalue weighted by atomic mass is 9.95. The molecule has 0 radical (unpaired) electrons. The van der Waals surface area contributed by atoms with Crippen LogP contribution in [0.4, 0.5) is 4.39 Å². The van der Waals surface area contributed by atoms with Crippen molar-refractivity contribution in [1.29, 1.82) is 0 Å². The summed E-state index contributed by atoms with van der Waals surface area (Å²) in [6, 6.07) is 10.9. The molecule has 1 amide bonds. The van der Waals surface area contributed by atoms with Crippen molar-refractivity contribution in [2.75, 3.05) is 13.1 Å². The molecule has 156 valence electrons. The predicted molar refractivity (Wildman–Crippen MR) is 110 cm³/mol. The number of carbonyl (C=O) groups is 1. The number of sulfonamides is 1. The van der Waals surface area contributed by atoms with Gasteiger partial charge in [-0.2, -0.15) is 4.31 Å². The van der Waals surface area contributed by atoms with Crippen LogP contribution in [-0.4, -0.2) is 31.7 Å². The van der Waals surface area contributed by atoms with Crippen LogP contribution in [0.15, 0.2) is 47.4 Å². The van der Waals surface area contributed by atoms with Gasteiger partial charge in [-0.3, -0.25) is 4.79 Å². The van der Waals surface area contributed by atoms with Crippen molar-refractivity contribution in [3.8, 4) is 0 Å². The smallest absolute Gasteiger partial charge is 0.243 e. The molecule has 5 nitrogen and oxygen atoms in total. The van der Waals surface area contributed by atoms with Gasteiger partial charge in [0, 0.05) is 19.0 Å². The Morgan fingerprint density at radius 1 is 1.10 bits per heavy atom. The van der Waals surface area contributed by atoms with E-state index in [0.717, 1.165) is 28.8 Å². The molecular weight excluding hydrogens is 391 g/mol. The molecule has 3 rings (SSSR count). The minimum absolute atomic E-state index is 0.0442. The first-order valence-electron chi connectivity index (χ1n) is 9.81. The maximum Gasteiger partial charge on any atom is 0.243 e. The number of carbonyl (C=O) groups excluding carboxylic acids is 1. The van der Waals surface area contributed by atoms with E-state index in [0.29, 0.717) is 12.8 Å². The number of nitrogens with one attached hydrogen (secondary N) is 1. The fourth-order valence-corrected chi connectivity index (χ4v) is 5.22. The summed E-state index contributed by atoms with van der Waals surface area (Å²) in [5, 5.41) is 3.08. The molecular formula is C22H27FN2O3S. The van der Waals surface area contributed by atoms with Gasteiger partial charge in [0.1, 0.15) is 5.82 Å². The Hall–Kier alpha value is -2.25. The van der Waals surface area contributed by atoms with Crippen molar-refractivity contribution in [1.82, 2.24) is 9.62 Å². The molecule has 2 aromatic carbocycles. The van der Waals surface area contributed by atoms with Crippen molar-refractivity contribution in [2.45, 2.75) is 44.6 Å². The van der Waals surface area contributed by atoms with Gasteiger partial charge in [-0.15, -0.1) is 0 Å². The Balaban J connectivity index is 1.60. The fraction of sp³-hybridized carbons (Fsp3) is 0.409. The highest BCUT2D eigenvalue weighted by Crippen LogP contribution is 2.25. The maximum absolute atomic E-state index is 13.1. The van der Waals surface area contributed by atoms with E-state index >= 15 is 0 Å². The number of nitrogens with zero attached hydrogens (tertiary/aromatic N) is 1. The molecule has 0 aliphatic carbocycles. The Morgan fingerprint density at radius 2 is 1.72 bits per heavy atom. The van der Waals surface area contributed by atoms with Crippen molar-refractivity contribution in [3.63, 3.8) is 0 Å². The van der Waals surface area contributed by atoms with E-state index in [1.807, 2.05) is 32.9 Å². The van der Waals surface area contributed by atoms with E-state index < -0.39 is 15.8 Å². The summed E-state index contributed by atoms with van der Waals surface area (Å²) in [5.41, 5.74) is 3.37. The second-order valence-corrected chi connectivity index (χ2v) is 9.66. The third-order valence-corrected chi connectivity index (χ3v) is 7.45. The summed E-state index contributed by atoms with van der Waals surface area (Å²) >= 11 is 0. The molecule has 1 fully saturated rings. The van der Waals surface area contributed by atoms with Gasteiger partial charge >= 0.3 is 0 Å². The standard InChI is InChI=1S/C22H27FN2O3S/c1-15-4-5-16(2)21(14-15)17(3)24-22(26)18-10-12-25(13-11-18)29(27,28)20-8-6-19(23)7-9-20/h4-9,14,17-18H,10-13H2,1-3H3,(H,24,26). The zero-order valence-electron chi connectivity index (χ0n) is 17.0. The monoisotopic (exact) mass is 418 g/mol. The van der Waals surface area contributed by atoms with E-state index in [9.17, 15) is 17.6 Å². The maximum atomic E-state index is 13.1. The van der Waals surface area contributed by atoms with Crippen molar-refractivity contribution in [3.05, 3.63) is 65.0 Å². The highest BCUT2D eigenvalue weighted by Gasteiger charge is 2.32. The van der Waals surface area contributed by atoms with Gasteiger partial charge in [0.05, 0.1) is 10.9 Å². The lowest BCUT2D eigenvalue weighted by Gasteiger charge is -2.31. The van der Waals surface area contributed by atoms with E-state index in [2.05, 4.69) is 11.4 Å². The molecule has 1 aliphatic rings. The largest absolute Gasteiger partial charge is 0.349 e. The van der Waals surface area contributed by atoms with E-state index in [1.165, 1.54) is 16.4 Å². The number of hydrogen-bond acceptors (Lipinski definition) is 3. The van der Waals surface area contributed by atoms with Crippen molar-refractivity contribution >= 4 is 15.9 Å². The molecule has 1 aliphatic heterocycles. The molecule has 0 bridgehead atoms. The molecule has 1 saturated heterocycles. The van der Waals surface area contributed by atoms with Crippen LogP contribution in [0.3, 0.4) is 0 Å². The quantitative estimate of drug-likeness (QED) is 0.805. The topological polar surface area (TPSA) is 66.5 Å². The third-order valence-electron chi connectivity index (χ3n) is 5.54. The van der Waals surface area contributed by atoms with Gasteiger partial charge in [-0.25, -0.2) is 12.8 Å². The van der Waals surface area contributed by atoms with Crippen LogP contribution in [0.25, 0.3) is 0 Å². The van der Waals surface area contributed by atoms with E-state index in [1.54, 1.807) is 0 Å². The summed E-state index contributed by atoms with van der Waals surface area (Å²) in [5.74, 6) is -0.739. The fourth-order valence-electron chi connectivity index (χ4n) is 3.75. The Labute approximate surface area is 172 Å². The molecule has 2 aromatic rings. The second-order valence-electron chi connectivity index (χ2n) is 7.72. The third kappa shape index (κ3) is 4.85. The predicted octanol–water partition coefficient (Wildman–Crippen LogP) is 3.72. The first-order valence-corrected chi connectivity index (χ1v) is 11.3. The first-order chi connectivity index (χ1) is 13.7. The number of amides is 1. The zero-order chi connectivity index (χ0) is 21.2. The SMILES string of the molecule is Cc1ccc(C)c(C(C)NC(=O)C2CCN(S(=O)(=O)c3ccc(F)cc3)CC2)c1. The van der Waals surface area contributed by atoms with Crippen molar-refractivity contribution in [2.24, 2.45) is 5.92 Å². The summed E-state index contributed by atoms with van der Waals surface area (Å²) in [7, 11) is -3.67. The summed E-state index contributed by atoms with van der Waals surface area (Å²) < 4.78 is 39.9. The Kier molecular flexibility index (Phi) is 6.39. The molecule has 29 heavy (non-hydrogen) atoms. The first kappa shape index (κ1) is 21.5. The summed E-state index contributed by atoms with van der Waals surface area (Å²) in [4.78, 5) is 12.8. The van der Waals surface area contributed by atoms with Crippen molar-refractivity contribution < 1.29 is 17.6 Å². The Morgan fingerprint density at radius 3 is 2.34 bits per heavy atom. The molecule has 0 spiro atoms. The van der Waals surface area contributed by atoms with Crippen LogP contribution in [0.2, 0.25) is 0 Å². The molecule has 1 heterocycles. The van der Waals surface area contributed by atoms with Crippen LogP contribution >= 0.6 is 0 Å². The van der Waals surface area contributed by atoms with Crippen LogP contribution in [0.1, 0.15) is 42.5 Å². The molecule has 1 N–H and O–H groups in total. The van der Waals surface area contributed by atoms with Gasteiger partial charge < -0.3 is 5.32 Å². The van der Waals surface area contributed by atoms with Gasteiger partial charge in [-0.1, -0.05) is 23.8 Å². The number of piperidine rings is 1. The van der Waals surface area contributed by atoms with Crippen LogP contribution in [0.5, 0.6) is 0 Å². The lowest BCUT2D eigenvalue weighted by molar-refractivity contribution is -0.126. The zero-order valence-corrected chi connectivity index (χ0v) is 17.8. The molecule has 0 saturated carbocycles. The minimum Gasteiger partial charge on any atom is -0.349 e.